The number of Topliss-reactive ketones (excluding diaryl/α,β-unsaturated/α-hetero) is 1. The summed E-state index contributed by atoms with van der Waals surface area (Å²) >= 11 is 5.74. The molecule has 0 saturated heterocycles. The smallest absolute Gasteiger partial charge is 0.324 e. The topological polar surface area (TPSA) is 98.8 Å². The maximum absolute atomic E-state index is 12.3. The second-order valence-corrected chi connectivity index (χ2v) is 8.40. The van der Waals surface area contributed by atoms with Gasteiger partial charge in [0.05, 0.1) is 11.5 Å². The van der Waals surface area contributed by atoms with Gasteiger partial charge in [-0.15, -0.1) is 0 Å². The summed E-state index contributed by atoms with van der Waals surface area (Å²) in [5, 5.41) is 0.392. The van der Waals surface area contributed by atoms with E-state index in [1.165, 1.54) is 31.2 Å². The predicted octanol–water partition coefficient (Wildman–Crippen LogP) is 2.37. The molecule has 0 aromatic heterocycles. The molecule has 9 heteroatoms. The molecule has 1 N–H and O–H groups in total. The van der Waals surface area contributed by atoms with Crippen molar-refractivity contribution in [3.63, 3.8) is 0 Å². The van der Waals surface area contributed by atoms with Gasteiger partial charge in [0.2, 0.25) is 10.0 Å². The Morgan fingerprint density at radius 1 is 1.21 bits per heavy atom. The fourth-order valence-corrected chi connectivity index (χ4v) is 3.99. The second-order valence-electron chi connectivity index (χ2n) is 6.25. The standard InChI is InChI=1S/C19H18ClNO6S/c1-12(21-28(24,25)16-5-3-15(20)4-6-16)19(23)27-11-17(22)13-2-7-18-14(10-13)8-9-26-18/h2-7,10,12,21H,8-9,11H2,1H3/t12-/m0/s1. The summed E-state index contributed by atoms with van der Waals surface area (Å²) in [5.74, 6) is -0.482. The first-order chi connectivity index (χ1) is 13.3. The van der Waals surface area contributed by atoms with E-state index in [-0.39, 0.29) is 10.7 Å². The molecule has 1 aliphatic heterocycles. The van der Waals surface area contributed by atoms with Crippen molar-refractivity contribution in [2.24, 2.45) is 0 Å². The maximum atomic E-state index is 12.3. The molecule has 2 aromatic rings. The highest BCUT2D eigenvalue weighted by Gasteiger charge is 2.24. The van der Waals surface area contributed by atoms with E-state index in [0.717, 1.165) is 17.7 Å². The highest BCUT2D eigenvalue weighted by molar-refractivity contribution is 7.89. The summed E-state index contributed by atoms with van der Waals surface area (Å²) in [7, 11) is -3.93. The van der Waals surface area contributed by atoms with Crippen molar-refractivity contribution in [1.29, 1.82) is 0 Å². The Balaban J connectivity index is 1.56. The van der Waals surface area contributed by atoms with Crippen molar-refractivity contribution in [1.82, 2.24) is 4.72 Å². The lowest BCUT2D eigenvalue weighted by atomic mass is 10.1. The third kappa shape index (κ3) is 4.70. The van der Waals surface area contributed by atoms with Crippen LogP contribution in [0, 0.1) is 0 Å². The van der Waals surface area contributed by atoms with Crippen LogP contribution in [0.1, 0.15) is 22.8 Å². The Bertz CT molecular complexity index is 1000. The molecule has 0 amide bonds. The molecule has 3 rings (SSSR count). The van der Waals surface area contributed by atoms with E-state index in [9.17, 15) is 18.0 Å². The minimum absolute atomic E-state index is 0.0343. The van der Waals surface area contributed by atoms with E-state index in [4.69, 9.17) is 21.1 Å². The van der Waals surface area contributed by atoms with Crippen LogP contribution >= 0.6 is 11.6 Å². The number of sulfonamides is 1. The number of fused-ring (bicyclic) bond motifs is 1. The van der Waals surface area contributed by atoms with Crippen LogP contribution in [0.5, 0.6) is 5.75 Å². The number of halogens is 1. The molecular weight excluding hydrogens is 406 g/mol. The van der Waals surface area contributed by atoms with Crippen molar-refractivity contribution in [2.45, 2.75) is 24.3 Å². The van der Waals surface area contributed by atoms with Gasteiger partial charge in [-0.25, -0.2) is 8.42 Å². The summed E-state index contributed by atoms with van der Waals surface area (Å²) in [6, 6.07) is 9.37. The van der Waals surface area contributed by atoms with Crippen molar-refractivity contribution >= 4 is 33.4 Å². The van der Waals surface area contributed by atoms with Gasteiger partial charge in [-0.2, -0.15) is 4.72 Å². The van der Waals surface area contributed by atoms with Crippen LogP contribution in [0.25, 0.3) is 0 Å². The van der Waals surface area contributed by atoms with Gasteiger partial charge in [-0.3, -0.25) is 9.59 Å². The van der Waals surface area contributed by atoms with Gasteiger partial charge < -0.3 is 9.47 Å². The van der Waals surface area contributed by atoms with E-state index in [1.807, 2.05) is 0 Å². The number of esters is 1. The molecule has 0 spiro atoms. The van der Waals surface area contributed by atoms with Gasteiger partial charge in [0, 0.05) is 17.0 Å². The summed E-state index contributed by atoms with van der Waals surface area (Å²) in [5.41, 5.74) is 1.34. The molecule has 0 saturated carbocycles. The average molecular weight is 424 g/mol. The fourth-order valence-electron chi connectivity index (χ4n) is 2.67. The molecule has 148 valence electrons. The van der Waals surface area contributed by atoms with Crippen LogP contribution in [0.2, 0.25) is 5.02 Å². The zero-order valence-corrected chi connectivity index (χ0v) is 16.5. The van der Waals surface area contributed by atoms with Gasteiger partial charge in [0.25, 0.3) is 0 Å². The zero-order chi connectivity index (χ0) is 20.3. The number of carbonyl (C=O) groups excluding carboxylic acids is 2. The first kappa shape index (κ1) is 20.3. The number of benzene rings is 2. The molecule has 7 nitrogen and oxygen atoms in total. The number of hydrogen-bond donors (Lipinski definition) is 1. The van der Waals surface area contributed by atoms with E-state index in [2.05, 4.69) is 4.72 Å². The molecule has 2 aromatic carbocycles. The molecule has 0 aliphatic carbocycles. The van der Waals surface area contributed by atoms with E-state index in [0.29, 0.717) is 17.2 Å². The molecule has 1 atom stereocenters. The lowest BCUT2D eigenvalue weighted by molar-refractivity contribution is -0.144. The number of ether oxygens (including phenoxy) is 2. The number of ketones is 1. The summed E-state index contributed by atoms with van der Waals surface area (Å²) in [6.45, 7) is 1.44. The molecule has 0 unspecified atom stereocenters. The lowest BCUT2D eigenvalue weighted by Crippen LogP contribution is -2.40. The van der Waals surface area contributed by atoms with Crippen molar-refractivity contribution < 1.29 is 27.5 Å². The molecule has 28 heavy (non-hydrogen) atoms. The van der Waals surface area contributed by atoms with Gasteiger partial charge in [0.15, 0.2) is 12.4 Å². The average Bonchev–Trinajstić information content (AvgIpc) is 3.13. The second kappa shape index (κ2) is 8.30. The first-order valence-corrected chi connectivity index (χ1v) is 10.4. The molecule has 1 aliphatic rings. The van der Waals surface area contributed by atoms with Crippen LogP contribution in [0.3, 0.4) is 0 Å². The van der Waals surface area contributed by atoms with Crippen LogP contribution in [-0.4, -0.2) is 39.4 Å². The summed E-state index contributed by atoms with van der Waals surface area (Å²) in [6.07, 6.45) is 0.722. The largest absolute Gasteiger partial charge is 0.493 e. The Morgan fingerprint density at radius 3 is 2.64 bits per heavy atom. The Hall–Kier alpha value is -2.42. The third-order valence-corrected chi connectivity index (χ3v) is 5.97. The first-order valence-electron chi connectivity index (χ1n) is 8.50. The van der Waals surface area contributed by atoms with Gasteiger partial charge in [-0.05, 0) is 55.0 Å². The fraction of sp³-hybridized carbons (Fsp3) is 0.263. The lowest BCUT2D eigenvalue weighted by Gasteiger charge is -2.13. The highest BCUT2D eigenvalue weighted by atomic mass is 35.5. The summed E-state index contributed by atoms with van der Waals surface area (Å²) in [4.78, 5) is 24.3. The van der Waals surface area contributed by atoms with Crippen molar-refractivity contribution in [3.05, 3.63) is 58.6 Å². The van der Waals surface area contributed by atoms with Crippen LogP contribution in [0.4, 0.5) is 0 Å². The summed E-state index contributed by atoms with van der Waals surface area (Å²) < 4.78 is 37.1. The molecule has 0 radical (unpaired) electrons. The monoisotopic (exact) mass is 423 g/mol. The van der Waals surface area contributed by atoms with Gasteiger partial charge >= 0.3 is 5.97 Å². The third-order valence-electron chi connectivity index (χ3n) is 4.17. The Labute approximate surface area is 167 Å². The van der Waals surface area contributed by atoms with Crippen LogP contribution < -0.4 is 9.46 Å². The number of nitrogens with one attached hydrogen (secondary N) is 1. The van der Waals surface area contributed by atoms with Crippen molar-refractivity contribution in [3.8, 4) is 5.75 Å². The zero-order valence-electron chi connectivity index (χ0n) is 15.0. The molecule has 1 heterocycles. The van der Waals surface area contributed by atoms with E-state index in [1.54, 1.807) is 18.2 Å². The Morgan fingerprint density at radius 2 is 1.93 bits per heavy atom. The van der Waals surface area contributed by atoms with Gasteiger partial charge in [0.1, 0.15) is 11.8 Å². The van der Waals surface area contributed by atoms with Gasteiger partial charge in [-0.1, -0.05) is 11.6 Å². The van der Waals surface area contributed by atoms with Crippen molar-refractivity contribution in [2.75, 3.05) is 13.2 Å². The van der Waals surface area contributed by atoms with Crippen LogP contribution in [-0.2, 0) is 26.0 Å². The van der Waals surface area contributed by atoms with E-state index >= 15 is 0 Å². The molecule has 0 fully saturated rings. The normalized spacial score (nSPS) is 14.1. The minimum atomic E-state index is -3.93. The number of hydrogen-bond acceptors (Lipinski definition) is 6. The number of rotatable bonds is 7. The number of carbonyl (C=O) groups is 2. The van der Waals surface area contributed by atoms with E-state index < -0.39 is 28.6 Å². The SMILES string of the molecule is C[C@H](NS(=O)(=O)c1ccc(Cl)cc1)C(=O)OCC(=O)c1ccc2c(c1)CCO2. The van der Waals surface area contributed by atoms with Crippen LogP contribution in [0.15, 0.2) is 47.4 Å². The highest BCUT2D eigenvalue weighted by Crippen LogP contribution is 2.26. The maximum Gasteiger partial charge on any atom is 0.324 e. The quantitative estimate of drug-likeness (QED) is 0.542. The minimum Gasteiger partial charge on any atom is -0.493 e. The molecular formula is C19H18ClNO6S. The predicted molar refractivity (Wildman–Crippen MR) is 102 cm³/mol. The Kier molecular flexibility index (Phi) is 6.02. The molecule has 0 bridgehead atoms.